The Balaban J connectivity index is 1.67. The van der Waals surface area contributed by atoms with Crippen LogP contribution < -0.4 is 4.74 Å². The van der Waals surface area contributed by atoms with E-state index in [1.165, 1.54) is 6.42 Å². The van der Waals surface area contributed by atoms with Gasteiger partial charge >= 0.3 is 0 Å². The second-order valence-corrected chi connectivity index (χ2v) is 5.36. The van der Waals surface area contributed by atoms with E-state index in [2.05, 4.69) is 9.88 Å². The topological polar surface area (TPSA) is 43.8 Å². The Morgan fingerprint density at radius 3 is 3.20 bits per heavy atom. The molecule has 3 rings (SSSR count). The monoisotopic (exact) mass is 278 g/mol. The van der Waals surface area contributed by atoms with Crippen molar-refractivity contribution in [1.82, 2.24) is 9.88 Å². The molecule has 0 aliphatic carbocycles. The smallest absolute Gasteiger partial charge is 0.213 e. The molecule has 0 amide bonds. The lowest BCUT2D eigenvalue weighted by atomic mass is 10.0. The van der Waals surface area contributed by atoms with Crippen LogP contribution >= 0.6 is 0 Å². The van der Waals surface area contributed by atoms with Crippen LogP contribution in [0.4, 0.5) is 0 Å². The van der Waals surface area contributed by atoms with Crippen molar-refractivity contribution in [1.29, 1.82) is 0 Å². The van der Waals surface area contributed by atoms with Gasteiger partial charge in [-0.05, 0) is 18.9 Å². The number of nitrogens with zero attached hydrogens (tertiary/aromatic N) is 2. The van der Waals surface area contributed by atoms with Crippen molar-refractivity contribution in [2.24, 2.45) is 0 Å². The maximum atomic E-state index is 6.04. The molecular weight excluding hydrogens is 256 g/mol. The van der Waals surface area contributed by atoms with E-state index < -0.39 is 0 Å². The molecule has 0 unspecified atom stereocenters. The van der Waals surface area contributed by atoms with E-state index in [1.807, 2.05) is 18.2 Å². The fourth-order valence-corrected chi connectivity index (χ4v) is 3.14. The maximum absolute atomic E-state index is 6.04. The van der Waals surface area contributed by atoms with Gasteiger partial charge in [-0.25, -0.2) is 4.98 Å². The summed E-state index contributed by atoms with van der Waals surface area (Å²) in [6, 6.07) is 6.19. The molecule has 3 heterocycles. The van der Waals surface area contributed by atoms with Gasteiger partial charge in [0.05, 0.1) is 6.61 Å². The molecule has 20 heavy (non-hydrogen) atoms. The lowest BCUT2D eigenvalue weighted by molar-refractivity contribution is -0.0484. The number of ether oxygens (including phenoxy) is 3. The molecule has 110 valence electrons. The Bertz CT molecular complexity index is 415. The predicted octanol–water partition coefficient (Wildman–Crippen LogP) is 1.34. The van der Waals surface area contributed by atoms with Crippen molar-refractivity contribution in [3.63, 3.8) is 0 Å². The van der Waals surface area contributed by atoms with E-state index in [4.69, 9.17) is 14.2 Å². The van der Waals surface area contributed by atoms with Gasteiger partial charge in [-0.1, -0.05) is 6.07 Å². The lowest BCUT2D eigenvalue weighted by Crippen LogP contribution is -2.43. The number of aromatic nitrogens is 1. The van der Waals surface area contributed by atoms with Gasteiger partial charge in [-0.2, -0.15) is 0 Å². The molecule has 2 aliphatic heterocycles. The molecule has 5 heteroatoms. The van der Waals surface area contributed by atoms with Crippen molar-refractivity contribution in [3.8, 4) is 5.88 Å². The van der Waals surface area contributed by atoms with Crippen LogP contribution in [0.3, 0.4) is 0 Å². The van der Waals surface area contributed by atoms with Gasteiger partial charge in [0.2, 0.25) is 5.88 Å². The summed E-state index contributed by atoms with van der Waals surface area (Å²) in [6.45, 7) is 3.40. The van der Waals surface area contributed by atoms with Crippen molar-refractivity contribution in [2.75, 3.05) is 33.4 Å². The largest absolute Gasteiger partial charge is 0.470 e. The fourth-order valence-electron chi connectivity index (χ4n) is 3.14. The standard InChI is InChI=1S/C15H22N2O3/c1-18-10-8-17-11-13(15-12(17)5-4-9-19-15)20-14-6-2-3-7-16-14/h2-3,6-7,12-13,15H,4-5,8-11H2,1H3/t12-,13+,15+/m0/s1. The van der Waals surface area contributed by atoms with Gasteiger partial charge in [0, 0.05) is 45.1 Å². The SMILES string of the molecule is COCCN1C[C@@H](Oc2ccccn2)[C@@H]2OCCC[C@@H]21. The Labute approximate surface area is 119 Å². The Morgan fingerprint density at radius 2 is 2.40 bits per heavy atom. The van der Waals surface area contributed by atoms with Crippen LogP contribution in [-0.4, -0.2) is 61.5 Å². The van der Waals surface area contributed by atoms with Crippen LogP contribution in [0.1, 0.15) is 12.8 Å². The molecule has 3 atom stereocenters. The van der Waals surface area contributed by atoms with E-state index in [9.17, 15) is 0 Å². The molecule has 0 spiro atoms. The zero-order valence-corrected chi connectivity index (χ0v) is 11.9. The van der Waals surface area contributed by atoms with E-state index in [0.29, 0.717) is 11.9 Å². The molecule has 0 aromatic carbocycles. The average molecular weight is 278 g/mol. The lowest BCUT2D eigenvalue weighted by Gasteiger charge is -2.32. The molecular formula is C15H22N2O3. The number of hydrogen-bond donors (Lipinski definition) is 0. The van der Waals surface area contributed by atoms with Crippen LogP contribution in [0.15, 0.2) is 24.4 Å². The first-order chi connectivity index (χ1) is 9.88. The van der Waals surface area contributed by atoms with Gasteiger partial charge < -0.3 is 14.2 Å². The highest BCUT2D eigenvalue weighted by Crippen LogP contribution is 2.30. The van der Waals surface area contributed by atoms with Gasteiger partial charge in [-0.15, -0.1) is 0 Å². The van der Waals surface area contributed by atoms with Crippen LogP contribution in [0.25, 0.3) is 0 Å². The first-order valence-electron chi connectivity index (χ1n) is 7.31. The molecule has 2 aliphatic rings. The minimum Gasteiger partial charge on any atom is -0.470 e. The molecule has 0 bridgehead atoms. The molecule has 0 radical (unpaired) electrons. The average Bonchev–Trinajstić information content (AvgIpc) is 2.85. The van der Waals surface area contributed by atoms with Crippen LogP contribution in [0.2, 0.25) is 0 Å². The van der Waals surface area contributed by atoms with Crippen LogP contribution in [0.5, 0.6) is 5.88 Å². The number of likely N-dealkylation sites (tertiary alicyclic amines) is 1. The van der Waals surface area contributed by atoms with Gasteiger partial charge in [0.15, 0.2) is 0 Å². The highest BCUT2D eigenvalue weighted by molar-refractivity contribution is 5.11. The van der Waals surface area contributed by atoms with E-state index in [0.717, 1.165) is 32.7 Å². The minimum atomic E-state index is 0.0621. The fraction of sp³-hybridized carbons (Fsp3) is 0.667. The highest BCUT2D eigenvalue weighted by atomic mass is 16.5. The molecule has 1 aromatic heterocycles. The summed E-state index contributed by atoms with van der Waals surface area (Å²) in [7, 11) is 1.74. The minimum absolute atomic E-state index is 0.0621. The number of fused-ring (bicyclic) bond motifs is 1. The summed E-state index contributed by atoms with van der Waals surface area (Å²) < 4.78 is 17.2. The maximum Gasteiger partial charge on any atom is 0.213 e. The summed E-state index contributed by atoms with van der Waals surface area (Å²) in [4.78, 5) is 6.68. The zero-order chi connectivity index (χ0) is 13.8. The summed E-state index contributed by atoms with van der Waals surface area (Å²) >= 11 is 0. The van der Waals surface area contributed by atoms with Gasteiger partial charge in [-0.3, -0.25) is 4.90 Å². The molecule has 2 fully saturated rings. The Kier molecular flexibility index (Phi) is 4.50. The number of methoxy groups -OCH3 is 1. The predicted molar refractivity (Wildman–Crippen MR) is 74.9 cm³/mol. The quantitative estimate of drug-likeness (QED) is 0.813. The Hall–Kier alpha value is -1.17. The second-order valence-electron chi connectivity index (χ2n) is 5.36. The summed E-state index contributed by atoms with van der Waals surface area (Å²) in [5.41, 5.74) is 0. The Morgan fingerprint density at radius 1 is 1.45 bits per heavy atom. The first-order valence-corrected chi connectivity index (χ1v) is 7.31. The summed E-state index contributed by atoms with van der Waals surface area (Å²) in [5.74, 6) is 0.680. The number of rotatable bonds is 5. The van der Waals surface area contributed by atoms with E-state index >= 15 is 0 Å². The van der Waals surface area contributed by atoms with Crippen molar-refractivity contribution >= 4 is 0 Å². The zero-order valence-electron chi connectivity index (χ0n) is 11.9. The van der Waals surface area contributed by atoms with Crippen molar-refractivity contribution in [2.45, 2.75) is 31.1 Å². The van der Waals surface area contributed by atoms with Crippen molar-refractivity contribution in [3.05, 3.63) is 24.4 Å². The molecule has 1 aromatic rings. The second kappa shape index (κ2) is 6.52. The third-order valence-electron chi connectivity index (χ3n) is 4.08. The molecule has 2 saturated heterocycles. The third-order valence-corrected chi connectivity index (χ3v) is 4.08. The normalized spacial score (nSPS) is 30.1. The third kappa shape index (κ3) is 2.95. The summed E-state index contributed by atoms with van der Waals surface area (Å²) in [6.07, 6.45) is 4.28. The van der Waals surface area contributed by atoms with Gasteiger partial charge in [0.25, 0.3) is 0 Å². The first kappa shape index (κ1) is 13.8. The highest BCUT2D eigenvalue weighted by Gasteiger charge is 2.45. The van der Waals surface area contributed by atoms with Crippen molar-refractivity contribution < 1.29 is 14.2 Å². The van der Waals surface area contributed by atoms with Crippen LogP contribution in [0, 0.1) is 0 Å². The van der Waals surface area contributed by atoms with E-state index in [-0.39, 0.29) is 12.2 Å². The molecule has 0 saturated carbocycles. The van der Waals surface area contributed by atoms with Gasteiger partial charge in [0.1, 0.15) is 12.2 Å². The number of pyridine rings is 1. The number of hydrogen-bond acceptors (Lipinski definition) is 5. The summed E-state index contributed by atoms with van der Waals surface area (Å²) in [5, 5.41) is 0. The van der Waals surface area contributed by atoms with Crippen LogP contribution in [-0.2, 0) is 9.47 Å². The van der Waals surface area contributed by atoms with E-state index in [1.54, 1.807) is 13.3 Å². The molecule has 0 N–H and O–H groups in total. The molecule has 5 nitrogen and oxygen atoms in total.